The Morgan fingerprint density at radius 3 is 3.11 bits per heavy atom. The number of H-pyrrole nitrogens is 1. The molecular formula is C16H20N2O. The lowest BCUT2D eigenvalue weighted by Gasteiger charge is -2.35. The van der Waals surface area contributed by atoms with E-state index in [9.17, 15) is 4.79 Å². The van der Waals surface area contributed by atoms with Crippen molar-refractivity contribution in [1.82, 2.24) is 9.88 Å². The van der Waals surface area contributed by atoms with E-state index in [-0.39, 0.29) is 5.91 Å². The second-order valence-electron chi connectivity index (χ2n) is 5.34. The highest BCUT2D eigenvalue weighted by molar-refractivity contribution is 5.98. The second kappa shape index (κ2) is 5.08. The third kappa shape index (κ3) is 2.25. The van der Waals surface area contributed by atoms with Crippen molar-refractivity contribution < 1.29 is 4.79 Å². The molecule has 0 spiro atoms. The van der Waals surface area contributed by atoms with E-state index >= 15 is 0 Å². The van der Waals surface area contributed by atoms with Crippen LogP contribution < -0.4 is 0 Å². The lowest BCUT2D eigenvalue weighted by Crippen LogP contribution is -2.43. The van der Waals surface area contributed by atoms with Gasteiger partial charge < -0.3 is 9.88 Å². The van der Waals surface area contributed by atoms with E-state index in [1.165, 1.54) is 6.42 Å². The molecule has 1 fully saturated rings. The maximum absolute atomic E-state index is 12.6. The van der Waals surface area contributed by atoms with Crippen molar-refractivity contribution in [2.45, 2.75) is 38.6 Å². The largest absolute Gasteiger partial charge is 0.361 e. The van der Waals surface area contributed by atoms with Crippen molar-refractivity contribution in [3.8, 4) is 0 Å². The minimum Gasteiger partial charge on any atom is -0.361 e. The van der Waals surface area contributed by atoms with Crippen LogP contribution >= 0.6 is 0 Å². The number of carbonyl (C=O) groups excluding carboxylic acids is 1. The quantitative estimate of drug-likeness (QED) is 0.876. The predicted octanol–water partition coefficient (Wildman–Crippen LogP) is 3.57. The Bertz CT molecular complexity index is 587. The number of nitrogens with one attached hydrogen (secondary N) is 1. The number of nitrogens with zero attached hydrogens (tertiary/aromatic N) is 1. The molecule has 1 aromatic carbocycles. The minimum absolute atomic E-state index is 0.183. The first kappa shape index (κ1) is 12.3. The van der Waals surface area contributed by atoms with Gasteiger partial charge >= 0.3 is 0 Å². The standard InChI is InChI=1S/C16H20N2O/c1-2-14-5-3-4-10-18(14)16(19)13-7-6-12-8-9-17-15(12)11-13/h6-9,11,14,17H,2-5,10H2,1H3. The molecule has 3 rings (SSSR count). The van der Waals surface area contributed by atoms with Crippen molar-refractivity contribution in [2.75, 3.05) is 6.54 Å². The third-order valence-corrected chi connectivity index (χ3v) is 4.16. The molecule has 1 amide bonds. The molecule has 1 atom stereocenters. The van der Waals surface area contributed by atoms with E-state index in [0.717, 1.165) is 42.3 Å². The number of aromatic nitrogens is 1. The van der Waals surface area contributed by atoms with Crippen LogP contribution in [-0.4, -0.2) is 28.4 Å². The van der Waals surface area contributed by atoms with Crippen LogP contribution in [-0.2, 0) is 0 Å². The first-order valence-electron chi connectivity index (χ1n) is 7.17. The van der Waals surface area contributed by atoms with E-state index in [1.807, 2.05) is 30.5 Å². The number of aromatic amines is 1. The van der Waals surface area contributed by atoms with Gasteiger partial charge in [0.2, 0.25) is 0 Å². The van der Waals surface area contributed by atoms with Crippen LogP contribution in [0.15, 0.2) is 30.5 Å². The number of piperidine rings is 1. The minimum atomic E-state index is 0.183. The summed E-state index contributed by atoms with van der Waals surface area (Å²) < 4.78 is 0. The first-order valence-corrected chi connectivity index (χ1v) is 7.17. The predicted molar refractivity (Wildman–Crippen MR) is 77.3 cm³/mol. The van der Waals surface area contributed by atoms with Crippen LogP contribution in [0.3, 0.4) is 0 Å². The van der Waals surface area contributed by atoms with Crippen molar-refractivity contribution >= 4 is 16.8 Å². The number of likely N-dealkylation sites (tertiary alicyclic amines) is 1. The van der Waals surface area contributed by atoms with Crippen molar-refractivity contribution in [1.29, 1.82) is 0 Å². The molecule has 1 N–H and O–H groups in total. The van der Waals surface area contributed by atoms with E-state index < -0.39 is 0 Å². The number of carbonyl (C=O) groups is 1. The molecule has 0 saturated carbocycles. The van der Waals surface area contributed by atoms with E-state index in [2.05, 4.69) is 16.8 Å². The van der Waals surface area contributed by atoms with E-state index in [4.69, 9.17) is 0 Å². The molecule has 1 aliphatic heterocycles. The Labute approximate surface area is 113 Å². The van der Waals surface area contributed by atoms with Gasteiger partial charge in [-0.15, -0.1) is 0 Å². The summed E-state index contributed by atoms with van der Waals surface area (Å²) in [6.07, 6.45) is 6.49. The van der Waals surface area contributed by atoms with Crippen molar-refractivity contribution in [3.05, 3.63) is 36.0 Å². The lowest BCUT2D eigenvalue weighted by atomic mass is 9.98. The second-order valence-corrected chi connectivity index (χ2v) is 5.34. The van der Waals surface area contributed by atoms with Gasteiger partial charge in [0, 0.05) is 29.9 Å². The molecule has 3 nitrogen and oxygen atoms in total. The summed E-state index contributed by atoms with van der Waals surface area (Å²) in [6.45, 7) is 3.07. The smallest absolute Gasteiger partial charge is 0.254 e. The molecule has 0 aliphatic carbocycles. The maximum Gasteiger partial charge on any atom is 0.254 e. The Kier molecular flexibility index (Phi) is 3.28. The van der Waals surface area contributed by atoms with Crippen molar-refractivity contribution in [2.24, 2.45) is 0 Å². The highest BCUT2D eigenvalue weighted by atomic mass is 16.2. The molecule has 1 aromatic heterocycles. The molecule has 100 valence electrons. The Morgan fingerprint density at radius 1 is 1.37 bits per heavy atom. The Hall–Kier alpha value is -1.77. The average molecular weight is 256 g/mol. The molecule has 1 unspecified atom stereocenters. The zero-order valence-corrected chi connectivity index (χ0v) is 11.4. The van der Waals surface area contributed by atoms with Crippen LogP contribution in [0.5, 0.6) is 0 Å². The molecule has 2 heterocycles. The molecule has 0 bridgehead atoms. The normalized spacial score (nSPS) is 19.8. The van der Waals surface area contributed by atoms with Gasteiger partial charge in [0.15, 0.2) is 0 Å². The van der Waals surface area contributed by atoms with Gasteiger partial charge in [0.25, 0.3) is 5.91 Å². The lowest BCUT2D eigenvalue weighted by molar-refractivity contribution is 0.0608. The zero-order chi connectivity index (χ0) is 13.2. The highest BCUT2D eigenvalue weighted by Crippen LogP contribution is 2.23. The van der Waals surface area contributed by atoms with Gasteiger partial charge in [-0.2, -0.15) is 0 Å². The summed E-state index contributed by atoms with van der Waals surface area (Å²) in [4.78, 5) is 17.9. The summed E-state index contributed by atoms with van der Waals surface area (Å²) in [5.41, 5.74) is 1.84. The van der Waals surface area contributed by atoms with E-state index in [0.29, 0.717) is 6.04 Å². The number of hydrogen-bond acceptors (Lipinski definition) is 1. The number of benzene rings is 1. The average Bonchev–Trinajstić information content (AvgIpc) is 2.93. The fourth-order valence-electron chi connectivity index (χ4n) is 3.04. The zero-order valence-electron chi connectivity index (χ0n) is 11.4. The molecule has 1 saturated heterocycles. The van der Waals surface area contributed by atoms with Crippen LogP contribution in [0, 0.1) is 0 Å². The van der Waals surface area contributed by atoms with Crippen LogP contribution in [0.1, 0.15) is 43.0 Å². The van der Waals surface area contributed by atoms with Crippen LogP contribution in [0.2, 0.25) is 0 Å². The summed E-state index contributed by atoms with van der Waals surface area (Å²) in [6, 6.07) is 8.38. The molecular weight excluding hydrogens is 236 g/mol. The number of amides is 1. The fraction of sp³-hybridized carbons (Fsp3) is 0.438. The van der Waals surface area contributed by atoms with Crippen LogP contribution in [0.25, 0.3) is 10.9 Å². The van der Waals surface area contributed by atoms with Gasteiger partial charge in [0.1, 0.15) is 0 Å². The van der Waals surface area contributed by atoms with E-state index in [1.54, 1.807) is 0 Å². The molecule has 3 heteroatoms. The Balaban J connectivity index is 1.89. The van der Waals surface area contributed by atoms with Crippen LogP contribution in [0.4, 0.5) is 0 Å². The Morgan fingerprint density at radius 2 is 2.26 bits per heavy atom. The maximum atomic E-state index is 12.6. The SMILES string of the molecule is CCC1CCCCN1C(=O)c1ccc2cc[nH]c2c1. The van der Waals surface area contributed by atoms with Gasteiger partial charge in [0.05, 0.1) is 0 Å². The topological polar surface area (TPSA) is 36.1 Å². The molecule has 0 radical (unpaired) electrons. The van der Waals surface area contributed by atoms with Gasteiger partial charge in [-0.25, -0.2) is 0 Å². The summed E-state index contributed by atoms with van der Waals surface area (Å²) >= 11 is 0. The molecule has 2 aromatic rings. The molecule has 19 heavy (non-hydrogen) atoms. The van der Waals surface area contributed by atoms with Crippen molar-refractivity contribution in [3.63, 3.8) is 0 Å². The summed E-state index contributed by atoms with van der Waals surface area (Å²) in [5.74, 6) is 0.183. The van der Waals surface area contributed by atoms with Gasteiger partial charge in [-0.05, 0) is 49.3 Å². The highest BCUT2D eigenvalue weighted by Gasteiger charge is 2.26. The number of fused-ring (bicyclic) bond motifs is 1. The summed E-state index contributed by atoms with van der Waals surface area (Å²) in [5, 5.41) is 1.15. The third-order valence-electron chi connectivity index (χ3n) is 4.16. The fourth-order valence-corrected chi connectivity index (χ4v) is 3.04. The van der Waals surface area contributed by atoms with Gasteiger partial charge in [-0.3, -0.25) is 4.79 Å². The number of hydrogen-bond donors (Lipinski definition) is 1. The monoisotopic (exact) mass is 256 g/mol. The number of rotatable bonds is 2. The summed E-state index contributed by atoms with van der Waals surface area (Å²) in [7, 11) is 0. The molecule has 1 aliphatic rings. The first-order chi connectivity index (χ1) is 9.29. The van der Waals surface area contributed by atoms with Gasteiger partial charge in [-0.1, -0.05) is 13.0 Å².